The summed E-state index contributed by atoms with van der Waals surface area (Å²) in [6, 6.07) is 1.34. The van der Waals surface area contributed by atoms with Crippen LogP contribution >= 0.6 is 0 Å². The molecule has 0 amide bonds. The third-order valence-electron chi connectivity index (χ3n) is 2.05. The molecule has 0 bridgehead atoms. The van der Waals surface area contributed by atoms with Gasteiger partial charge >= 0.3 is 5.97 Å². The molecule has 1 aromatic rings. The molecule has 1 aromatic carbocycles. The summed E-state index contributed by atoms with van der Waals surface area (Å²) in [5.74, 6) is -0.954. The summed E-state index contributed by atoms with van der Waals surface area (Å²) in [7, 11) is 1.22. The first-order valence-corrected chi connectivity index (χ1v) is 3.94. The Kier molecular flexibility index (Phi) is 2.51. The van der Waals surface area contributed by atoms with Crippen LogP contribution in [0.5, 0.6) is 5.75 Å². The fraction of sp³-hybridized carbons (Fsp3) is 0.222. The van der Waals surface area contributed by atoms with Gasteiger partial charge in [0.05, 0.1) is 12.8 Å². The van der Waals surface area contributed by atoms with Crippen LogP contribution in [0.1, 0.15) is 15.9 Å². The molecule has 0 spiro atoms. The van der Waals surface area contributed by atoms with Gasteiger partial charge in [-0.1, -0.05) is 0 Å². The van der Waals surface area contributed by atoms with Crippen molar-refractivity contribution in [2.45, 2.75) is 6.92 Å². The van der Waals surface area contributed by atoms with Crippen molar-refractivity contribution in [2.24, 2.45) is 0 Å². The van der Waals surface area contributed by atoms with Crippen LogP contribution in [-0.4, -0.2) is 18.2 Å². The first kappa shape index (κ1) is 10.2. The van der Waals surface area contributed by atoms with Crippen molar-refractivity contribution in [3.63, 3.8) is 0 Å². The lowest BCUT2D eigenvalue weighted by Crippen LogP contribution is -2.06. The molecule has 0 aliphatic rings. The Morgan fingerprint density at radius 2 is 2.07 bits per heavy atom. The van der Waals surface area contributed by atoms with E-state index in [4.69, 9.17) is 11.5 Å². The number of hydrogen-bond donors (Lipinski definition) is 3. The predicted octanol–water partition coefficient (Wildman–Crippen LogP) is 0.652. The van der Waals surface area contributed by atoms with Gasteiger partial charge in [-0.25, -0.2) is 4.79 Å². The fourth-order valence-corrected chi connectivity index (χ4v) is 1.08. The number of nitrogens with two attached hydrogens (primary N) is 2. The number of methoxy groups -OCH3 is 1. The Hall–Kier alpha value is -1.91. The molecule has 5 N–H and O–H groups in total. The highest BCUT2D eigenvalue weighted by Crippen LogP contribution is 2.32. The highest BCUT2D eigenvalue weighted by Gasteiger charge is 2.17. The topological polar surface area (TPSA) is 98.6 Å². The Morgan fingerprint density at radius 1 is 1.50 bits per heavy atom. The number of phenolic OH excluding ortho intramolecular Hbond substituents is 1. The highest BCUT2D eigenvalue weighted by molar-refractivity contribution is 5.96. The third-order valence-corrected chi connectivity index (χ3v) is 2.05. The molecule has 76 valence electrons. The summed E-state index contributed by atoms with van der Waals surface area (Å²) in [5.41, 5.74) is 12.1. The second-order valence-electron chi connectivity index (χ2n) is 2.89. The number of benzene rings is 1. The third kappa shape index (κ3) is 1.44. The second-order valence-corrected chi connectivity index (χ2v) is 2.89. The lowest BCUT2D eigenvalue weighted by atomic mass is 10.1. The number of hydrogen-bond acceptors (Lipinski definition) is 5. The Balaban J connectivity index is 3.40. The molecule has 5 nitrogen and oxygen atoms in total. The summed E-state index contributed by atoms with van der Waals surface area (Å²) >= 11 is 0. The number of rotatable bonds is 1. The molecule has 0 atom stereocenters. The van der Waals surface area contributed by atoms with E-state index < -0.39 is 5.97 Å². The number of ether oxygens (including phenoxy) is 1. The molecule has 0 heterocycles. The summed E-state index contributed by atoms with van der Waals surface area (Å²) in [6.07, 6.45) is 0. The molecule has 0 saturated carbocycles. The molecule has 0 unspecified atom stereocenters. The molecule has 1 rings (SSSR count). The molecule has 0 aromatic heterocycles. The Labute approximate surface area is 81.3 Å². The maximum absolute atomic E-state index is 11.2. The van der Waals surface area contributed by atoms with Gasteiger partial charge in [-0.15, -0.1) is 0 Å². The predicted molar refractivity (Wildman–Crippen MR) is 53.0 cm³/mol. The van der Waals surface area contributed by atoms with Crippen LogP contribution in [0.3, 0.4) is 0 Å². The van der Waals surface area contributed by atoms with Crippen molar-refractivity contribution >= 4 is 17.3 Å². The van der Waals surface area contributed by atoms with Crippen LogP contribution < -0.4 is 11.5 Å². The maximum atomic E-state index is 11.2. The lowest BCUT2D eigenvalue weighted by molar-refractivity contribution is 0.0597. The molecule has 0 saturated heterocycles. The maximum Gasteiger partial charge on any atom is 0.341 e. The summed E-state index contributed by atoms with van der Waals surface area (Å²) in [5, 5.41) is 9.52. The van der Waals surface area contributed by atoms with E-state index in [0.29, 0.717) is 11.3 Å². The molecule has 14 heavy (non-hydrogen) atoms. The van der Waals surface area contributed by atoms with Gasteiger partial charge in [0.2, 0.25) is 0 Å². The SMILES string of the molecule is COC(=O)c1cc(N)c(C)c(N)c1O. The van der Waals surface area contributed by atoms with Gasteiger partial charge in [-0.2, -0.15) is 0 Å². The van der Waals surface area contributed by atoms with Gasteiger partial charge in [-0.3, -0.25) is 0 Å². The number of carbonyl (C=O) groups excluding carboxylic acids is 1. The molecular formula is C9H12N2O3. The summed E-state index contributed by atoms with van der Waals surface area (Å²) in [4.78, 5) is 11.2. The van der Waals surface area contributed by atoms with Crippen LogP contribution in [0.2, 0.25) is 0 Å². The van der Waals surface area contributed by atoms with Gasteiger partial charge < -0.3 is 21.3 Å². The van der Waals surface area contributed by atoms with Crippen molar-refractivity contribution in [3.8, 4) is 5.75 Å². The van der Waals surface area contributed by atoms with Gasteiger partial charge in [0.1, 0.15) is 5.56 Å². The van der Waals surface area contributed by atoms with Crippen molar-refractivity contribution in [3.05, 3.63) is 17.2 Å². The zero-order valence-corrected chi connectivity index (χ0v) is 8.00. The first-order valence-electron chi connectivity index (χ1n) is 3.94. The zero-order chi connectivity index (χ0) is 10.9. The number of esters is 1. The molecule has 0 aliphatic carbocycles. The van der Waals surface area contributed by atoms with E-state index in [0.717, 1.165) is 0 Å². The molecule has 0 radical (unpaired) electrons. The molecular weight excluding hydrogens is 184 g/mol. The quantitative estimate of drug-likeness (QED) is 0.265. The minimum Gasteiger partial charge on any atom is -0.505 e. The summed E-state index contributed by atoms with van der Waals surface area (Å²) < 4.78 is 4.46. The monoisotopic (exact) mass is 196 g/mol. The zero-order valence-electron chi connectivity index (χ0n) is 8.00. The highest BCUT2D eigenvalue weighted by atomic mass is 16.5. The average molecular weight is 196 g/mol. The van der Waals surface area contributed by atoms with E-state index in [2.05, 4.69) is 4.74 Å². The minimum absolute atomic E-state index is 0.0203. The van der Waals surface area contributed by atoms with Gasteiger partial charge in [0, 0.05) is 5.69 Å². The van der Waals surface area contributed by atoms with Crippen LogP contribution in [0.15, 0.2) is 6.07 Å². The van der Waals surface area contributed by atoms with Crippen molar-refractivity contribution < 1.29 is 14.6 Å². The summed E-state index contributed by atoms with van der Waals surface area (Å²) in [6.45, 7) is 1.66. The second kappa shape index (κ2) is 3.45. The first-order chi connectivity index (χ1) is 6.49. The van der Waals surface area contributed by atoms with Crippen LogP contribution in [0.4, 0.5) is 11.4 Å². The van der Waals surface area contributed by atoms with Crippen LogP contribution in [0.25, 0.3) is 0 Å². The van der Waals surface area contributed by atoms with Crippen molar-refractivity contribution in [1.82, 2.24) is 0 Å². The minimum atomic E-state index is -0.666. The number of anilines is 2. The average Bonchev–Trinajstić information content (AvgIpc) is 2.19. The van der Waals surface area contributed by atoms with E-state index >= 15 is 0 Å². The number of phenols is 1. The number of carbonyl (C=O) groups is 1. The Bertz CT molecular complexity index is 388. The Morgan fingerprint density at radius 3 is 2.57 bits per heavy atom. The largest absolute Gasteiger partial charge is 0.505 e. The molecule has 5 heteroatoms. The van der Waals surface area contributed by atoms with Crippen molar-refractivity contribution in [1.29, 1.82) is 0 Å². The van der Waals surface area contributed by atoms with Crippen LogP contribution in [0, 0.1) is 6.92 Å². The lowest BCUT2D eigenvalue weighted by Gasteiger charge is -2.10. The fourth-order valence-electron chi connectivity index (χ4n) is 1.08. The van der Waals surface area contributed by atoms with E-state index in [1.165, 1.54) is 13.2 Å². The standard InChI is InChI=1S/C9H12N2O3/c1-4-6(10)3-5(9(13)14-2)8(12)7(4)11/h3,12H,10-11H2,1-2H3. The molecule has 0 aliphatic heterocycles. The van der Waals surface area contributed by atoms with Gasteiger partial charge in [0.15, 0.2) is 5.75 Å². The molecule has 0 fully saturated rings. The number of aromatic hydroxyl groups is 1. The van der Waals surface area contributed by atoms with Crippen molar-refractivity contribution in [2.75, 3.05) is 18.6 Å². The van der Waals surface area contributed by atoms with E-state index in [9.17, 15) is 9.90 Å². The number of nitrogen functional groups attached to an aromatic ring is 2. The van der Waals surface area contributed by atoms with E-state index in [1.54, 1.807) is 6.92 Å². The van der Waals surface area contributed by atoms with E-state index in [-0.39, 0.29) is 17.0 Å². The van der Waals surface area contributed by atoms with Gasteiger partial charge in [-0.05, 0) is 18.6 Å². The van der Waals surface area contributed by atoms with Gasteiger partial charge in [0.25, 0.3) is 0 Å². The van der Waals surface area contributed by atoms with E-state index in [1.807, 2.05) is 0 Å². The smallest absolute Gasteiger partial charge is 0.341 e. The van der Waals surface area contributed by atoms with Crippen LogP contribution in [-0.2, 0) is 4.74 Å². The normalized spacial score (nSPS) is 9.86.